The summed E-state index contributed by atoms with van der Waals surface area (Å²) in [6, 6.07) is 27.4. The number of carbonyl (C=O) groups excluding carboxylic acids is 2. The number of nitrogens with zero attached hydrogens (tertiary/aromatic N) is 2. The number of nitrogens with one attached hydrogen (secondary N) is 1. The molecule has 6 nitrogen and oxygen atoms in total. The number of hydrogen-bond acceptors (Lipinski definition) is 4. The summed E-state index contributed by atoms with van der Waals surface area (Å²) in [5, 5.41) is 8.00. The molecule has 0 bridgehead atoms. The maximum Gasteiger partial charge on any atom is 0.248 e. The molecule has 6 aromatic rings. The van der Waals surface area contributed by atoms with Crippen molar-refractivity contribution in [3.63, 3.8) is 0 Å². The predicted molar refractivity (Wildman–Crippen MR) is 153 cm³/mol. The molecule has 6 rings (SSSR count). The zero-order valence-corrected chi connectivity index (χ0v) is 21.4. The molecule has 0 aliphatic heterocycles. The summed E-state index contributed by atoms with van der Waals surface area (Å²) in [6.07, 6.45) is 4.70. The molecule has 1 amide bonds. The number of benzene rings is 4. The fraction of sp³-hybridized carbons (Fsp3) is 0. The minimum Gasteiger partial charge on any atom is -0.450 e. The maximum absolute atomic E-state index is 13.6. The van der Waals surface area contributed by atoms with Gasteiger partial charge in [0.2, 0.25) is 11.7 Å². The fourth-order valence-corrected chi connectivity index (χ4v) is 4.45. The van der Waals surface area contributed by atoms with Crippen LogP contribution in [0, 0.1) is 11.6 Å². The number of para-hydroxylation sites is 2. The predicted octanol–water partition coefficient (Wildman–Crippen LogP) is 7.45. The summed E-state index contributed by atoms with van der Waals surface area (Å²) in [5.41, 5.74) is 3.51. The Bertz CT molecular complexity index is 1910. The van der Waals surface area contributed by atoms with Crippen LogP contribution in [0.3, 0.4) is 0 Å². The second-order valence-electron chi connectivity index (χ2n) is 9.18. The minimum absolute atomic E-state index is 0.0662. The van der Waals surface area contributed by atoms with Gasteiger partial charge in [0.15, 0.2) is 5.76 Å². The number of amides is 1. The van der Waals surface area contributed by atoms with Crippen LogP contribution in [0.25, 0.3) is 34.0 Å². The minimum atomic E-state index is -0.512. The number of carbonyl (C=O) groups is 2. The number of rotatable bonds is 7. The van der Waals surface area contributed by atoms with E-state index in [0.717, 1.165) is 5.69 Å². The first-order valence-corrected chi connectivity index (χ1v) is 12.7. The normalized spacial score (nSPS) is 11.3. The highest BCUT2D eigenvalue weighted by Gasteiger charge is 2.23. The third kappa shape index (κ3) is 5.31. The molecule has 0 saturated heterocycles. The first-order chi connectivity index (χ1) is 20.0. The third-order valence-electron chi connectivity index (χ3n) is 6.45. The van der Waals surface area contributed by atoms with Gasteiger partial charge in [-0.15, -0.1) is 0 Å². The van der Waals surface area contributed by atoms with Gasteiger partial charge in [0.25, 0.3) is 0 Å². The van der Waals surface area contributed by atoms with E-state index in [-0.39, 0.29) is 22.8 Å². The molecule has 2 aromatic heterocycles. The lowest BCUT2D eigenvalue weighted by Gasteiger charge is -2.04. The molecule has 0 aliphatic carbocycles. The Morgan fingerprint density at radius 1 is 0.805 bits per heavy atom. The first kappa shape index (κ1) is 25.6. The van der Waals surface area contributed by atoms with E-state index in [0.29, 0.717) is 27.8 Å². The standard InChI is InChI=1S/C33H21F2N3O3/c34-24-15-10-21(11-16-24)30-23(20-38(37-30)26-6-2-1-3-7-26)14-19-29(39)36-31-27-8-4-5-9-28(27)41-33(31)32(40)22-12-17-25(35)18-13-22/h1-20H,(H,36,39)/b19-14+. The SMILES string of the molecule is O=C(/C=C/c1cn(-c2ccccc2)nc1-c1ccc(F)cc1)Nc1c(C(=O)c2ccc(F)cc2)oc2ccccc12. The van der Waals surface area contributed by atoms with Gasteiger partial charge in [0.05, 0.1) is 17.1 Å². The lowest BCUT2D eigenvalue weighted by Crippen LogP contribution is -2.11. The molecule has 0 saturated carbocycles. The van der Waals surface area contributed by atoms with Crippen molar-refractivity contribution in [1.29, 1.82) is 0 Å². The van der Waals surface area contributed by atoms with Crippen molar-refractivity contribution >= 4 is 34.4 Å². The Balaban J connectivity index is 1.34. The van der Waals surface area contributed by atoms with E-state index in [4.69, 9.17) is 4.42 Å². The Labute approximate surface area is 233 Å². The van der Waals surface area contributed by atoms with Crippen molar-refractivity contribution in [3.05, 3.63) is 144 Å². The summed E-state index contributed by atoms with van der Waals surface area (Å²) in [4.78, 5) is 26.4. The summed E-state index contributed by atoms with van der Waals surface area (Å²) < 4.78 is 34.5. The van der Waals surface area contributed by atoms with Crippen LogP contribution in [-0.2, 0) is 4.79 Å². The van der Waals surface area contributed by atoms with Crippen molar-refractivity contribution < 1.29 is 22.8 Å². The van der Waals surface area contributed by atoms with Crippen molar-refractivity contribution in [3.8, 4) is 16.9 Å². The van der Waals surface area contributed by atoms with Gasteiger partial charge in [-0.05, 0) is 78.9 Å². The van der Waals surface area contributed by atoms with E-state index in [1.54, 1.807) is 53.4 Å². The van der Waals surface area contributed by atoms with Crippen LogP contribution in [0.2, 0.25) is 0 Å². The van der Waals surface area contributed by atoms with Crippen molar-refractivity contribution in [2.45, 2.75) is 0 Å². The van der Waals surface area contributed by atoms with Crippen molar-refractivity contribution in [2.24, 2.45) is 0 Å². The van der Waals surface area contributed by atoms with Crippen LogP contribution in [0.15, 0.2) is 120 Å². The molecule has 4 aromatic carbocycles. The van der Waals surface area contributed by atoms with Crippen LogP contribution in [0.1, 0.15) is 21.7 Å². The van der Waals surface area contributed by atoms with Gasteiger partial charge in [-0.1, -0.05) is 30.3 Å². The largest absolute Gasteiger partial charge is 0.450 e. The lowest BCUT2D eigenvalue weighted by atomic mass is 10.1. The Morgan fingerprint density at radius 2 is 1.46 bits per heavy atom. The molecule has 1 N–H and O–H groups in total. The molecule has 2 heterocycles. The highest BCUT2D eigenvalue weighted by atomic mass is 19.1. The molecule has 8 heteroatoms. The summed E-state index contributed by atoms with van der Waals surface area (Å²) in [6.45, 7) is 0. The fourth-order valence-electron chi connectivity index (χ4n) is 4.45. The van der Waals surface area contributed by atoms with Crippen molar-refractivity contribution in [1.82, 2.24) is 9.78 Å². The number of halogens is 2. The third-order valence-corrected chi connectivity index (χ3v) is 6.45. The van der Waals surface area contributed by atoms with Crippen LogP contribution in [0.4, 0.5) is 14.5 Å². The van der Waals surface area contributed by atoms with Gasteiger partial charge >= 0.3 is 0 Å². The van der Waals surface area contributed by atoms with Crippen molar-refractivity contribution in [2.75, 3.05) is 5.32 Å². The van der Waals surface area contributed by atoms with E-state index in [1.165, 1.54) is 42.5 Å². The molecule has 0 spiro atoms. The molecule has 0 radical (unpaired) electrons. The number of furan rings is 1. The molecule has 41 heavy (non-hydrogen) atoms. The molecule has 0 unspecified atom stereocenters. The van der Waals surface area contributed by atoms with Gasteiger partial charge in [-0.3, -0.25) is 9.59 Å². The van der Waals surface area contributed by atoms with Crippen LogP contribution in [-0.4, -0.2) is 21.5 Å². The number of ketones is 1. The average Bonchev–Trinajstić information content (AvgIpc) is 3.59. The highest BCUT2D eigenvalue weighted by molar-refractivity contribution is 6.18. The number of aromatic nitrogens is 2. The summed E-state index contributed by atoms with van der Waals surface area (Å²) in [7, 11) is 0. The molecular formula is C33H21F2N3O3. The Hall–Kier alpha value is -5.63. The van der Waals surface area contributed by atoms with E-state index in [1.807, 2.05) is 30.3 Å². The van der Waals surface area contributed by atoms with Crippen LogP contribution in [0.5, 0.6) is 0 Å². The zero-order valence-electron chi connectivity index (χ0n) is 21.4. The zero-order chi connectivity index (χ0) is 28.3. The average molecular weight is 546 g/mol. The highest BCUT2D eigenvalue weighted by Crippen LogP contribution is 2.33. The monoisotopic (exact) mass is 545 g/mol. The van der Waals surface area contributed by atoms with Crippen LogP contribution >= 0.6 is 0 Å². The van der Waals surface area contributed by atoms with Gasteiger partial charge in [0, 0.05) is 34.3 Å². The van der Waals surface area contributed by atoms with Gasteiger partial charge in [0.1, 0.15) is 17.2 Å². The lowest BCUT2D eigenvalue weighted by molar-refractivity contribution is -0.111. The quantitative estimate of drug-likeness (QED) is 0.167. The Morgan fingerprint density at radius 3 is 2.20 bits per heavy atom. The second-order valence-corrected chi connectivity index (χ2v) is 9.18. The first-order valence-electron chi connectivity index (χ1n) is 12.7. The smallest absolute Gasteiger partial charge is 0.248 e. The molecule has 0 aliphatic rings. The Kier molecular flexibility index (Phi) is 6.79. The second kappa shape index (κ2) is 10.9. The number of anilines is 1. The number of fused-ring (bicyclic) bond motifs is 1. The van der Waals surface area contributed by atoms with E-state index in [2.05, 4.69) is 10.4 Å². The summed E-state index contributed by atoms with van der Waals surface area (Å²) >= 11 is 0. The molecule has 200 valence electrons. The van der Waals surface area contributed by atoms with E-state index in [9.17, 15) is 18.4 Å². The van der Waals surface area contributed by atoms with Gasteiger partial charge in [-0.25, -0.2) is 13.5 Å². The maximum atomic E-state index is 13.6. The van der Waals surface area contributed by atoms with E-state index >= 15 is 0 Å². The molecule has 0 atom stereocenters. The number of hydrogen-bond donors (Lipinski definition) is 1. The van der Waals surface area contributed by atoms with E-state index < -0.39 is 17.5 Å². The van der Waals surface area contributed by atoms with Gasteiger partial charge in [-0.2, -0.15) is 5.10 Å². The summed E-state index contributed by atoms with van der Waals surface area (Å²) in [5.74, 6) is -1.92. The van der Waals surface area contributed by atoms with Crippen LogP contribution < -0.4 is 5.32 Å². The topological polar surface area (TPSA) is 77.1 Å². The molecule has 0 fully saturated rings. The molecular weight excluding hydrogens is 524 g/mol. The van der Waals surface area contributed by atoms with Gasteiger partial charge < -0.3 is 9.73 Å².